The van der Waals surface area contributed by atoms with E-state index in [9.17, 15) is 46.0 Å². The molecular formula is C30H21N11Na2O10S2. The third kappa shape index (κ3) is 11.5. The van der Waals surface area contributed by atoms with Crippen molar-refractivity contribution in [1.82, 2.24) is 0 Å². The fourth-order valence-corrected chi connectivity index (χ4v) is 5.29. The molecule has 4 aromatic carbocycles. The normalized spacial score (nSPS) is 14.1. The Balaban J connectivity index is 0.00000406. The van der Waals surface area contributed by atoms with Gasteiger partial charge in [-0.1, -0.05) is 17.9 Å². The van der Waals surface area contributed by atoms with E-state index in [2.05, 4.69) is 41.2 Å². The third-order valence-corrected chi connectivity index (χ3v) is 8.50. The number of allylic oxidation sites excluding steroid dienone is 3. The average molecular weight is 806 g/mol. The molecular weight excluding hydrogens is 785 g/mol. The summed E-state index contributed by atoms with van der Waals surface area (Å²) in [6.45, 7) is 0. The van der Waals surface area contributed by atoms with Crippen LogP contribution < -0.4 is 81.1 Å². The number of nitrogens with one attached hydrogen (secondary N) is 1. The first kappa shape index (κ1) is 44.3. The van der Waals surface area contributed by atoms with Crippen LogP contribution in [0.4, 0.5) is 51.2 Å². The summed E-state index contributed by atoms with van der Waals surface area (Å²) in [6, 6.07) is 15.5. The van der Waals surface area contributed by atoms with E-state index in [1.165, 1.54) is 48.5 Å². The molecule has 0 spiro atoms. The van der Waals surface area contributed by atoms with Gasteiger partial charge in [0.2, 0.25) is 5.78 Å². The number of nitro benzene ring substituents is 1. The van der Waals surface area contributed by atoms with Crippen LogP contribution in [0.15, 0.2) is 148 Å². The van der Waals surface area contributed by atoms with Gasteiger partial charge in [-0.15, -0.1) is 20.5 Å². The Morgan fingerprint density at radius 3 is 1.91 bits per heavy atom. The SMILES string of the molecule is Nc1cc(N)c(N=Nc2ccc(S(=O)(=O)[O-])c(N=NC3=C([O-])C=CC(=NNc4ccc([N+](=O)[O-])cc4)C3=O)c2)cc1N=Nc1cccc(S(=O)(=O)O)c1.[Na+].[Na+]. The van der Waals surface area contributed by atoms with Crippen LogP contribution in [0.3, 0.4) is 0 Å². The predicted octanol–water partition coefficient (Wildman–Crippen LogP) is -0.989. The number of nitrogens with two attached hydrogens (primary N) is 2. The molecule has 0 saturated heterocycles. The van der Waals surface area contributed by atoms with E-state index in [0.717, 1.165) is 42.5 Å². The van der Waals surface area contributed by atoms with Crippen molar-refractivity contribution < 1.29 is 99.9 Å². The molecule has 1 aliphatic rings. The molecule has 0 amide bonds. The van der Waals surface area contributed by atoms with E-state index in [-0.39, 0.29) is 110 Å². The molecule has 1 aliphatic carbocycles. The summed E-state index contributed by atoms with van der Waals surface area (Å²) in [7, 11) is -9.66. The standard InChI is InChI=1S/C30H23N11O10S2.2Na/c31-21-14-22(32)25(15-24(21)37-34-17-2-1-3-20(12-17)52(46,47)48)38-35-18-6-11-28(53(49,50)51)26(13-18)39-40-29-27(42)10-9-23(30(29)43)36-33-16-4-7-19(8-5-16)41(44)45;;/h1-15,33,42H,31-32H2,(H,46,47,48)(H,49,50,51);;/q;2*+1/p-2. The minimum absolute atomic E-state index is 0. The molecule has 0 aromatic heterocycles. The van der Waals surface area contributed by atoms with Crippen LogP contribution in [0.1, 0.15) is 0 Å². The molecule has 0 bridgehead atoms. The van der Waals surface area contributed by atoms with Crippen molar-refractivity contribution in [2.75, 3.05) is 16.9 Å². The Morgan fingerprint density at radius 2 is 1.33 bits per heavy atom. The number of non-ortho nitro benzene ring substituents is 1. The van der Waals surface area contributed by atoms with Gasteiger partial charge < -0.3 is 21.1 Å². The van der Waals surface area contributed by atoms with Crippen LogP contribution in [-0.4, -0.2) is 42.4 Å². The molecule has 0 radical (unpaired) electrons. The Kier molecular flexibility index (Phi) is 14.9. The van der Waals surface area contributed by atoms with Gasteiger partial charge in [-0.3, -0.25) is 24.9 Å². The van der Waals surface area contributed by atoms with Gasteiger partial charge in [0, 0.05) is 12.1 Å². The van der Waals surface area contributed by atoms with Crippen LogP contribution in [0.25, 0.3) is 0 Å². The Morgan fingerprint density at radius 1 is 0.727 bits per heavy atom. The van der Waals surface area contributed by atoms with Crippen LogP contribution in [-0.2, 0) is 25.0 Å². The fourth-order valence-electron chi connectivity index (χ4n) is 4.18. The first-order valence-electron chi connectivity index (χ1n) is 14.3. The van der Waals surface area contributed by atoms with E-state index in [1.807, 2.05) is 0 Å². The molecule has 4 aromatic rings. The second-order valence-electron chi connectivity index (χ2n) is 10.4. The first-order chi connectivity index (χ1) is 25.0. The number of nitrogen functional groups attached to an aromatic ring is 2. The average Bonchev–Trinajstić information content (AvgIpc) is 3.10. The predicted molar refractivity (Wildman–Crippen MR) is 184 cm³/mol. The maximum Gasteiger partial charge on any atom is 1.00 e. The van der Waals surface area contributed by atoms with Crippen molar-refractivity contribution in [2.45, 2.75) is 9.79 Å². The van der Waals surface area contributed by atoms with Crippen molar-refractivity contribution in [1.29, 1.82) is 0 Å². The van der Waals surface area contributed by atoms with E-state index in [1.54, 1.807) is 0 Å². The minimum atomic E-state index is -5.16. The number of ketones is 1. The van der Waals surface area contributed by atoms with Gasteiger partial charge in [0.25, 0.3) is 15.8 Å². The van der Waals surface area contributed by atoms with Gasteiger partial charge in [0.1, 0.15) is 38.6 Å². The number of rotatable bonds is 11. The van der Waals surface area contributed by atoms with Crippen molar-refractivity contribution in [3.8, 4) is 0 Å². The number of azo groups is 3. The Bertz CT molecular complexity index is 2580. The number of carbonyl (C=O) groups excluding carboxylic acids is 1. The zero-order valence-electron chi connectivity index (χ0n) is 28.3. The molecule has 0 aliphatic heterocycles. The number of hydrogen-bond donors (Lipinski definition) is 4. The monoisotopic (exact) mass is 805 g/mol. The number of anilines is 3. The third-order valence-electron chi connectivity index (χ3n) is 6.76. The molecule has 5 rings (SSSR count). The molecule has 0 atom stereocenters. The summed E-state index contributed by atoms with van der Waals surface area (Å²) in [4.78, 5) is 22.0. The van der Waals surface area contributed by atoms with Gasteiger partial charge in [-0.25, -0.2) is 8.42 Å². The zero-order valence-corrected chi connectivity index (χ0v) is 34.0. The summed E-state index contributed by atoms with van der Waals surface area (Å²) < 4.78 is 68.1. The Labute approximate surface area is 355 Å². The second-order valence-corrected chi connectivity index (χ2v) is 13.2. The number of nitro groups is 1. The minimum Gasteiger partial charge on any atom is -0.871 e. The maximum atomic E-state index is 13.0. The fraction of sp³-hybridized carbons (Fsp3) is 0. The van der Waals surface area contributed by atoms with Crippen molar-refractivity contribution in [3.05, 3.63) is 113 Å². The number of hydrazone groups is 1. The zero-order chi connectivity index (χ0) is 38.5. The smallest absolute Gasteiger partial charge is 0.871 e. The number of nitrogens with zero attached hydrogens (tertiary/aromatic N) is 8. The molecule has 25 heteroatoms. The van der Waals surface area contributed by atoms with Crippen molar-refractivity contribution in [3.63, 3.8) is 0 Å². The topological polar surface area (TPSA) is 345 Å². The maximum absolute atomic E-state index is 13.0. The summed E-state index contributed by atoms with van der Waals surface area (Å²) in [5, 5.41) is 50.4. The molecule has 55 heavy (non-hydrogen) atoms. The van der Waals surface area contributed by atoms with E-state index in [4.69, 9.17) is 11.5 Å². The van der Waals surface area contributed by atoms with E-state index >= 15 is 0 Å². The number of carbonyl (C=O) groups is 1. The molecule has 0 heterocycles. The molecule has 270 valence electrons. The largest absolute Gasteiger partial charge is 1.00 e. The van der Waals surface area contributed by atoms with Gasteiger partial charge >= 0.3 is 59.1 Å². The Hall–Kier alpha value is -5.08. The number of benzene rings is 4. The van der Waals surface area contributed by atoms with Crippen molar-refractivity contribution >= 4 is 82.9 Å². The number of hydrogen-bond acceptors (Lipinski definition) is 19. The summed E-state index contributed by atoms with van der Waals surface area (Å²) in [6.07, 6.45) is 2.02. The summed E-state index contributed by atoms with van der Waals surface area (Å²) in [5.74, 6) is -1.93. The van der Waals surface area contributed by atoms with Gasteiger partial charge in [-0.05, 0) is 66.7 Å². The molecule has 0 fully saturated rings. The van der Waals surface area contributed by atoms with Gasteiger partial charge in [-0.2, -0.15) is 23.7 Å². The van der Waals surface area contributed by atoms with Gasteiger partial charge in [0.15, 0.2) is 0 Å². The quantitative estimate of drug-likeness (QED) is 0.0269. The molecule has 21 nitrogen and oxygen atoms in total. The van der Waals surface area contributed by atoms with Crippen LogP contribution >= 0.6 is 0 Å². The number of Topliss-reactive ketones (excluding diaryl/α,β-unsaturated/α-hetero) is 1. The molecule has 6 N–H and O–H groups in total. The van der Waals surface area contributed by atoms with Crippen LogP contribution in [0.2, 0.25) is 0 Å². The van der Waals surface area contributed by atoms with Crippen LogP contribution in [0, 0.1) is 10.1 Å². The van der Waals surface area contributed by atoms with Gasteiger partial charge in [0.05, 0.1) is 43.2 Å². The van der Waals surface area contributed by atoms with E-state index in [0.29, 0.717) is 0 Å². The second kappa shape index (κ2) is 18.5. The summed E-state index contributed by atoms with van der Waals surface area (Å²) in [5.41, 5.74) is 13.0. The first-order valence-corrected chi connectivity index (χ1v) is 17.2. The van der Waals surface area contributed by atoms with Crippen LogP contribution in [0.5, 0.6) is 0 Å². The van der Waals surface area contributed by atoms with E-state index < -0.39 is 57.9 Å². The molecule has 0 saturated carbocycles. The molecule has 0 unspecified atom stereocenters. The van der Waals surface area contributed by atoms with Crippen molar-refractivity contribution in [2.24, 2.45) is 35.8 Å². The summed E-state index contributed by atoms with van der Waals surface area (Å²) >= 11 is 0.